The summed E-state index contributed by atoms with van der Waals surface area (Å²) in [5, 5.41) is 9.53. The van der Waals surface area contributed by atoms with Crippen molar-refractivity contribution in [1.29, 1.82) is 0 Å². The molecule has 148 valence electrons. The zero-order valence-corrected chi connectivity index (χ0v) is 19.2. The summed E-state index contributed by atoms with van der Waals surface area (Å²) in [7, 11) is 1.73. The highest BCUT2D eigenvalue weighted by molar-refractivity contribution is 14.0. The number of hydrogen-bond acceptors (Lipinski definition) is 3. The normalized spacial score (nSPS) is 22.4. The van der Waals surface area contributed by atoms with Crippen molar-refractivity contribution in [3.63, 3.8) is 0 Å². The van der Waals surface area contributed by atoms with E-state index in [4.69, 9.17) is 4.74 Å². The second-order valence-corrected chi connectivity index (χ2v) is 7.54. The summed E-state index contributed by atoms with van der Waals surface area (Å²) in [6, 6.07) is 0.320. The molecule has 6 nitrogen and oxygen atoms in total. The van der Waals surface area contributed by atoms with Crippen LogP contribution in [0.15, 0.2) is 4.99 Å². The Kier molecular flexibility index (Phi) is 10.3. The van der Waals surface area contributed by atoms with Crippen molar-refractivity contribution < 1.29 is 9.53 Å². The second-order valence-electron chi connectivity index (χ2n) is 7.54. The molecule has 1 rings (SSSR count). The minimum Gasteiger partial charge on any atom is -0.378 e. The fourth-order valence-electron chi connectivity index (χ4n) is 3.57. The fourth-order valence-corrected chi connectivity index (χ4v) is 3.57. The van der Waals surface area contributed by atoms with E-state index in [9.17, 15) is 4.79 Å². The van der Waals surface area contributed by atoms with Gasteiger partial charge in [0.05, 0.1) is 12.6 Å². The van der Waals surface area contributed by atoms with Gasteiger partial charge in [0.2, 0.25) is 5.91 Å². The van der Waals surface area contributed by atoms with Crippen LogP contribution < -0.4 is 16.0 Å². The van der Waals surface area contributed by atoms with E-state index >= 15 is 0 Å². The SMILES string of the molecule is CCOC1CC(NC(=NC)NCC(=O)NC(C)(C)C)C1(CC)CC.I. The number of guanidine groups is 1. The third kappa shape index (κ3) is 6.58. The van der Waals surface area contributed by atoms with Crippen LogP contribution in [0.25, 0.3) is 0 Å². The van der Waals surface area contributed by atoms with Crippen molar-refractivity contribution in [2.75, 3.05) is 20.2 Å². The third-order valence-electron chi connectivity index (χ3n) is 4.93. The van der Waals surface area contributed by atoms with Gasteiger partial charge < -0.3 is 20.7 Å². The number of ether oxygens (including phenoxy) is 1. The van der Waals surface area contributed by atoms with Gasteiger partial charge in [0.25, 0.3) is 0 Å². The smallest absolute Gasteiger partial charge is 0.239 e. The van der Waals surface area contributed by atoms with Crippen LogP contribution >= 0.6 is 24.0 Å². The fraction of sp³-hybridized carbons (Fsp3) is 0.889. The predicted octanol–water partition coefficient (Wildman–Crippen LogP) is 2.67. The van der Waals surface area contributed by atoms with Crippen molar-refractivity contribution in [2.45, 2.75) is 78.5 Å². The molecular weight excluding hydrogens is 431 g/mol. The quantitative estimate of drug-likeness (QED) is 0.305. The first-order valence-corrected chi connectivity index (χ1v) is 9.12. The molecule has 0 heterocycles. The number of amides is 1. The highest BCUT2D eigenvalue weighted by Gasteiger charge is 2.53. The van der Waals surface area contributed by atoms with Crippen LogP contribution in [-0.4, -0.2) is 49.8 Å². The molecule has 0 aliphatic heterocycles. The van der Waals surface area contributed by atoms with Gasteiger partial charge in [-0.15, -0.1) is 24.0 Å². The zero-order chi connectivity index (χ0) is 18.4. The molecule has 1 aliphatic rings. The molecule has 1 aliphatic carbocycles. The molecule has 0 aromatic heterocycles. The number of nitrogens with zero attached hydrogens (tertiary/aromatic N) is 1. The number of carbonyl (C=O) groups is 1. The third-order valence-corrected chi connectivity index (χ3v) is 4.93. The summed E-state index contributed by atoms with van der Waals surface area (Å²) in [5.74, 6) is 0.633. The van der Waals surface area contributed by atoms with Crippen molar-refractivity contribution in [3.05, 3.63) is 0 Å². The summed E-state index contributed by atoms with van der Waals surface area (Å²) in [6.07, 6.45) is 3.41. The molecule has 0 bridgehead atoms. The van der Waals surface area contributed by atoms with E-state index in [1.165, 1.54) is 0 Å². The predicted molar refractivity (Wildman–Crippen MR) is 115 cm³/mol. The van der Waals surface area contributed by atoms with Gasteiger partial charge in [-0.05, 0) is 47.0 Å². The maximum absolute atomic E-state index is 11.9. The van der Waals surface area contributed by atoms with Crippen LogP contribution in [0.1, 0.15) is 60.8 Å². The van der Waals surface area contributed by atoms with Gasteiger partial charge in [-0.3, -0.25) is 9.79 Å². The van der Waals surface area contributed by atoms with Crippen LogP contribution in [0.4, 0.5) is 0 Å². The van der Waals surface area contributed by atoms with Crippen molar-refractivity contribution >= 4 is 35.8 Å². The summed E-state index contributed by atoms with van der Waals surface area (Å²) in [5.41, 5.74) is -0.0880. The number of aliphatic imine (C=N–C) groups is 1. The van der Waals surface area contributed by atoms with Gasteiger partial charge >= 0.3 is 0 Å². The second kappa shape index (κ2) is 10.5. The van der Waals surface area contributed by atoms with E-state index in [0.717, 1.165) is 25.9 Å². The summed E-state index contributed by atoms with van der Waals surface area (Å²) < 4.78 is 5.91. The molecule has 1 fully saturated rings. The first kappa shape index (κ1) is 24.4. The minimum atomic E-state index is -0.228. The molecule has 0 saturated heterocycles. The molecule has 1 amide bonds. The molecule has 3 N–H and O–H groups in total. The van der Waals surface area contributed by atoms with Crippen LogP contribution in [0.3, 0.4) is 0 Å². The lowest BCUT2D eigenvalue weighted by molar-refractivity contribution is -0.133. The molecule has 0 radical (unpaired) electrons. The Morgan fingerprint density at radius 3 is 2.28 bits per heavy atom. The van der Waals surface area contributed by atoms with Gasteiger partial charge in [0.1, 0.15) is 0 Å². The average Bonchev–Trinajstić information content (AvgIpc) is 2.49. The lowest BCUT2D eigenvalue weighted by Gasteiger charge is -2.55. The van der Waals surface area contributed by atoms with Crippen LogP contribution in [0.2, 0.25) is 0 Å². The maximum atomic E-state index is 11.9. The number of halogens is 1. The maximum Gasteiger partial charge on any atom is 0.239 e. The molecule has 25 heavy (non-hydrogen) atoms. The van der Waals surface area contributed by atoms with Gasteiger partial charge in [-0.2, -0.15) is 0 Å². The highest BCUT2D eigenvalue weighted by Crippen LogP contribution is 2.48. The number of hydrogen-bond donors (Lipinski definition) is 3. The Morgan fingerprint density at radius 1 is 1.24 bits per heavy atom. The molecule has 7 heteroatoms. The largest absolute Gasteiger partial charge is 0.378 e. The number of carbonyl (C=O) groups excluding carboxylic acids is 1. The standard InChI is InChI=1S/C18H36N4O2.HI/c1-8-18(9-2)13(11-14(18)24-10-3)21-16(19-7)20-12-15(23)22-17(4,5)6;/h13-14H,8-12H2,1-7H3,(H,22,23)(H2,19,20,21);1H. The Hall–Kier alpha value is -0.570. The number of rotatable bonds is 7. The Morgan fingerprint density at radius 2 is 1.84 bits per heavy atom. The zero-order valence-electron chi connectivity index (χ0n) is 16.9. The lowest BCUT2D eigenvalue weighted by Crippen LogP contribution is -2.66. The first-order chi connectivity index (χ1) is 11.2. The minimum absolute atomic E-state index is 0. The van der Waals surface area contributed by atoms with Gasteiger partial charge in [-0.1, -0.05) is 13.8 Å². The van der Waals surface area contributed by atoms with E-state index in [2.05, 4.69) is 34.8 Å². The monoisotopic (exact) mass is 468 g/mol. The van der Waals surface area contributed by atoms with Gasteiger partial charge in [-0.25, -0.2) is 0 Å². The summed E-state index contributed by atoms with van der Waals surface area (Å²) in [4.78, 5) is 16.2. The van der Waals surface area contributed by atoms with E-state index in [1.807, 2.05) is 27.7 Å². The van der Waals surface area contributed by atoms with E-state index < -0.39 is 0 Å². The number of nitrogens with one attached hydrogen (secondary N) is 3. The van der Waals surface area contributed by atoms with E-state index in [-0.39, 0.29) is 47.4 Å². The topological polar surface area (TPSA) is 74.8 Å². The molecular formula is C18H37IN4O2. The van der Waals surface area contributed by atoms with E-state index in [1.54, 1.807) is 7.05 Å². The highest BCUT2D eigenvalue weighted by atomic mass is 127. The molecule has 0 aromatic carbocycles. The Balaban J connectivity index is 0.00000576. The average molecular weight is 468 g/mol. The molecule has 2 unspecified atom stereocenters. The van der Waals surface area contributed by atoms with Crippen molar-refractivity contribution in [3.8, 4) is 0 Å². The van der Waals surface area contributed by atoms with Crippen molar-refractivity contribution in [1.82, 2.24) is 16.0 Å². The first-order valence-electron chi connectivity index (χ1n) is 9.12. The van der Waals surface area contributed by atoms with Crippen molar-refractivity contribution in [2.24, 2.45) is 10.4 Å². The van der Waals surface area contributed by atoms with Crippen LogP contribution in [0, 0.1) is 5.41 Å². The Labute approximate surface area is 170 Å². The van der Waals surface area contributed by atoms with Crippen LogP contribution in [0.5, 0.6) is 0 Å². The lowest BCUT2D eigenvalue weighted by atomic mass is 9.58. The van der Waals surface area contributed by atoms with Gasteiger partial charge in [0.15, 0.2) is 5.96 Å². The molecule has 0 aromatic rings. The van der Waals surface area contributed by atoms with Gasteiger partial charge in [0, 0.05) is 30.7 Å². The summed E-state index contributed by atoms with van der Waals surface area (Å²) in [6.45, 7) is 13.4. The van der Waals surface area contributed by atoms with Crippen LogP contribution in [-0.2, 0) is 9.53 Å². The molecule has 0 spiro atoms. The van der Waals surface area contributed by atoms with E-state index in [0.29, 0.717) is 18.1 Å². The summed E-state index contributed by atoms with van der Waals surface area (Å²) >= 11 is 0. The Bertz CT molecular complexity index is 445. The molecule has 2 atom stereocenters. The molecule has 1 saturated carbocycles.